The number of rotatable bonds is 6. The zero-order valence-electron chi connectivity index (χ0n) is 9.26. The Balaban J connectivity index is 2.29. The van der Waals surface area contributed by atoms with Gasteiger partial charge in [0.25, 0.3) is 0 Å². The second-order valence-electron chi connectivity index (χ2n) is 3.83. The van der Waals surface area contributed by atoms with Gasteiger partial charge < -0.3 is 0 Å². The summed E-state index contributed by atoms with van der Waals surface area (Å²) in [5.41, 5.74) is 2.91. The summed E-state index contributed by atoms with van der Waals surface area (Å²) in [5, 5.41) is 0. The maximum absolute atomic E-state index is 3.85. The third kappa shape index (κ3) is 3.95. The van der Waals surface area contributed by atoms with Gasteiger partial charge in [0.1, 0.15) is 0 Å². The summed E-state index contributed by atoms with van der Waals surface area (Å²) in [4.78, 5) is 0. The van der Waals surface area contributed by atoms with Crippen molar-refractivity contribution in [1.82, 2.24) is 0 Å². The average molecular weight is 189 g/mol. The van der Waals surface area contributed by atoms with Gasteiger partial charge in [-0.2, -0.15) is 0 Å². The highest BCUT2D eigenvalue weighted by atomic mass is 14.0. The van der Waals surface area contributed by atoms with Gasteiger partial charge in [-0.1, -0.05) is 57.4 Å². The molecule has 0 heteroatoms. The zero-order valence-corrected chi connectivity index (χ0v) is 9.26. The summed E-state index contributed by atoms with van der Waals surface area (Å²) in [5.74, 6) is 0. The van der Waals surface area contributed by atoms with E-state index >= 15 is 0 Å². The van der Waals surface area contributed by atoms with E-state index in [0.717, 1.165) is 12.8 Å². The smallest absolute Gasteiger partial charge is 0.0279 e. The summed E-state index contributed by atoms with van der Waals surface area (Å²) in [6.07, 6.45) is 7.34. The molecule has 77 valence electrons. The Bertz CT molecular complexity index is 233. The van der Waals surface area contributed by atoms with Gasteiger partial charge in [0.2, 0.25) is 0 Å². The molecule has 0 heterocycles. The van der Waals surface area contributed by atoms with Gasteiger partial charge in [-0.15, -0.1) is 0 Å². The molecule has 0 amide bonds. The van der Waals surface area contributed by atoms with Gasteiger partial charge in [0.15, 0.2) is 0 Å². The molecule has 0 N–H and O–H groups in total. The first kappa shape index (κ1) is 11.3. The van der Waals surface area contributed by atoms with E-state index in [1.165, 1.54) is 36.8 Å². The van der Waals surface area contributed by atoms with Crippen molar-refractivity contribution in [3.8, 4) is 0 Å². The quantitative estimate of drug-likeness (QED) is 0.589. The van der Waals surface area contributed by atoms with Gasteiger partial charge >= 0.3 is 0 Å². The molecule has 0 spiro atoms. The van der Waals surface area contributed by atoms with Crippen molar-refractivity contribution in [3.63, 3.8) is 0 Å². The first-order valence-electron chi connectivity index (χ1n) is 5.74. The topological polar surface area (TPSA) is 0 Å². The van der Waals surface area contributed by atoms with E-state index in [1.54, 1.807) is 0 Å². The Labute approximate surface area is 88.4 Å². The molecule has 14 heavy (non-hydrogen) atoms. The van der Waals surface area contributed by atoms with Crippen LogP contribution in [0.5, 0.6) is 0 Å². The highest BCUT2D eigenvalue weighted by Gasteiger charge is 1.93. The Morgan fingerprint density at radius 1 is 0.929 bits per heavy atom. The van der Waals surface area contributed by atoms with Crippen LogP contribution < -0.4 is 0 Å². The normalized spacial score (nSPS) is 10.4. The van der Waals surface area contributed by atoms with Gasteiger partial charge in [-0.25, -0.2) is 0 Å². The highest BCUT2D eigenvalue weighted by molar-refractivity contribution is 5.22. The van der Waals surface area contributed by atoms with Gasteiger partial charge in [-0.3, -0.25) is 0 Å². The lowest BCUT2D eigenvalue weighted by Crippen LogP contribution is -1.87. The molecule has 0 unspecified atom stereocenters. The summed E-state index contributed by atoms with van der Waals surface area (Å²) >= 11 is 0. The fourth-order valence-electron chi connectivity index (χ4n) is 1.62. The summed E-state index contributed by atoms with van der Waals surface area (Å²) in [6, 6.07) is 9.03. The van der Waals surface area contributed by atoms with Crippen LogP contribution >= 0.6 is 0 Å². The first-order valence-corrected chi connectivity index (χ1v) is 5.74. The number of benzene rings is 1. The molecule has 0 fully saturated rings. The minimum atomic E-state index is 1.08. The van der Waals surface area contributed by atoms with Crippen LogP contribution in [-0.2, 0) is 12.8 Å². The maximum Gasteiger partial charge on any atom is -0.0279 e. The van der Waals surface area contributed by atoms with E-state index in [1.807, 2.05) is 0 Å². The van der Waals surface area contributed by atoms with Crippen LogP contribution in [0.25, 0.3) is 0 Å². The fourth-order valence-corrected chi connectivity index (χ4v) is 1.62. The summed E-state index contributed by atoms with van der Waals surface area (Å²) < 4.78 is 0. The van der Waals surface area contributed by atoms with E-state index in [9.17, 15) is 0 Å². The molecular weight excluding hydrogens is 168 g/mol. The Hall–Kier alpha value is -0.780. The number of hydrogen-bond acceptors (Lipinski definition) is 0. The third-order valence-corrected chi connectivity index (χ3v) is 2.65. The van der Waals surface area contributed by atoms with Crippen LogP contribution in [0.3, 0.4) is 0 Å². The highest BCUT2D eigenvalue weighted by Crippen LogP contribution is 2.09. The molecular formula is C14H21. The lowest BCUT2D eigenvalue weighted by atomic mass is 10.0. The van der Waals surface area contributed by atoms with Crippen molar-refractivity contribution >= 4 is 0 Å². The van der Waals surface area contributed by atoms with Crippen LogP contribution in [0.4, 0.5) is 0 Å². The van der Waals surface area contributed by atoms with E-state index in [2.05, 4.69) is 38.1 Å². The standard InChI is InChI=1S/C14H21/c1-3-5-6-7-8-14-11-9-13(4-2)10-12-14/h9-12H,1,3-8H2,2H3. The van der Waals surface area contributed by atoms with E-state index < -0.39 is 0 Å². The minimum Gasteiger partial charge on any atom is -0.0613 e. The second-order valence-corrected chi connectivity index (χ2v) is 3.83. The second kappa shape index (κ2) is 6.64. The van der Waals surface area contributed by atoms with Crippen molar-refractivity contribution in [2.45, 2.75) is 45.4 Å². The summed E-state index contributed by atoms with van der Waals surface area (Å²) in [7, 11) is 0. The predicted molar refractivity (Wildman–Crippen MR) is 63.3 cm³/mol. The van der Waals surface area contributed by atoms with E-state index in [0.29, 0.717) is 0 Å². The number of hydrogen-bond donors (Lipinski definition) is 0. The Kier molecular flexibility index (Phi) is 5.36. The molecule has 0 aromatic heterocycles. The van der Waals surface area contributed by atoms with Crippen molar-refractivity contribution in [1.29, 1.82) is 0 Å². The maximum atomic E-state index is 3.85. The fraction of sp³-hybridized carbons (Fsp3) is 0.500. The molecule has 0 nitrogen and oxygen atoms in total. The van der Waals surface area contributed by atoms with Crippen molar-refractivity contribution < 1.29 is 0 Å². The lowest BCUT2D eigenvalue weighted by Gasteiger charge is -2.02. The predicted octanol–water partition coefficient (Wildman–Crippen LogP) is 4.19. The van der Waals surface area contributed by atoms with E-state index in [4.69, 9.17) is 0 Å². The van der Waals surface area contributed by atoms with Crippen molar-refractivity contribution in [2.75, 3.05) is 0 Å². The van der Waals surface area contributed by atoms with Crippen LogP contribution in [0.1, 0.15) is 43.7 Å². The molecule has 0 saturated heterocycles. The SMILES string of the molecule is [CH2]CCCCCc1ccc(CC)cc1. The van der Waals surface area contributed by atoms with Gasteiger partial charge in [-0.05, 0) is 30.4 Å². The molecule has 0 atom stereocenters. The third-order valence-electron chi connectivity index (χ3n) is 2.65. The minimum absolute atomic E-state index is 1.08. The Morgan fingerprint density at radius 2 is 1.57 bits per heavy atom. The van der Waals surface area contributed by atoms with Crippen LogP contribution in [-0.4, -0.2) is 0 Å². The molecule has 0 saturated carbocycles. The zero-order chi connectivity index (χ0) is 10.2. The molecule has 0 bridgehead atoms. The monoisotopic (exact) mass is 189 g/mol. The number of unbranched alkanes of at least 4 members (excludes halogenated alkanes) is 3. The van der Waals surface area contributed by atoms with E-state index in [-0.39, 0.29) is 0 Å². The molecule has 0 aliphatic carbocycles. The average Bonchev–Trinajstić information content (AvgIpc) is 2.25. The largest absolute Gasteiger partial charge is 0.0613 e. The summed E-state index contributed by atoms with van der Waals surface area (Å²) in [6.45, 7) is 6.05. The molecule has 0 aliphatic rings. The Morgan fingerprint density at radius 3 is 2.14 bits per heavy atom. The number of aryl methyl sites for hydroxylation is 2. The van der Waals surface area contributed by atoms with Crippen LogP contribution in [0.15, 0.2) is 24.3 Å². The molecule has 1 aromatic rings. The molecule has 1 rings (SSSR count). The molecule has 0 aliphatic heterocycles. The van der Waals surface area contributed by atoms with Gasteiger partial charge in [0.05, 0.1) is 0 Å². The molecule has 1 radical (unpaired) electrons. The van der Waals surface area contributed by atoms with Crippen molar-refractivity contribution in [2.24, 2.45) is 0 Å². The van der Waals surface area contributed by atoms with Gasteiger partial charge in [0, 0.05) is 0 Å². The van der Waals surface area contributed by atoms with Crippen molar-refractivity contribution in [3.05, 3.63) is 42.3 Å². The van der Waals surface area contributed by atoms with Crippen LogP contribution in [0.2, 0.25) is 0 Å². The molecule has 1 aromatic carbocycles. The first-order chi connectivity index (χ1) is 6.86. The van der Waals surface area contributed by atoms with Crippen LogP contribution in [0, 0.1) is 6.92 Å². The lowest BCUT2D eigenvalue weighted by molar-refractivity contribution is 0.686.